The molecule has 1 nitrogen and oxygen atoms in total. The van der Waals surface area contributed by atoms with Crippen LogP contribution < -0.4 is 0 Å². The van der Waals surface area contributed by atoms with Gasteiger partial charge in [-0.15, -0.1) is 0 Å². The van der Waals surface area contributed by atoms with Crippen molar-refractivity contribution < 1.29 is 4.79 Å². The average molecular weight is 332 g/mol. The van der Waals surface area contributed by atoms with Gasteiger partial charge in [0.15, 0.2) is 5.78 Å². The molecule has 0 radical (unpaired) electrons. The molecule has 3 rings (SSSR count). The number of fused-ring (bicyclic) bond motifs is 2. The van der Waals surface area contributed by atoms with E-state index < -0.39 is 0 Å². The van der Waals surface area contributed by atoms with E-state index in [-0.39, 0.29) is 11.2 Å². The van der Waals surface area contributed by atoms with Crippen molar-refractivity contribution in [1.82, 2.24) is 0 Å². The highest BCUT2D eigenvalue weighted by Crippen LogP contribution is 2.36. The summed E-state index contributed by atoms with van der Waals surface area (Å²) >= 11 is 0. The molecule has 1 aliphatic rings. The van der Waals surface area contributed by atoms with Crippen molar-refractivity contribution in [2.24, 2.45) is 5.41 Å². The molecule has 1 heteroatoms. The summed E-state index contributed by atoms with van der Waals surface area (Å²) in [5.74, 6) is 0.128. The van der Waals surface area contributed by atoms with E-state index in [2.05, 4.69) is 45.5 Å². The van der Waals surface area contributed by atoms with Crippen LogP contribution in [0.2, 0.25) is 0 Å². The second-order valence-corrected chi connectivity index (χ2v) is 8.03. The fourth-order valence-electron chi connectivity index (χ4n) is 3.88. The molecule has 0 unspecified atom stereocenters. The van der Waals surface area contributed by atoms with Crippen molar-refractivity contribution >= 4 is 11.4 Å². The Kier molecular flexibility index (Phi) is 4.94. The van der Waals surface area contributed by atoms with E-state index in [9.17, 15) is 4.79 Å². The molecule has 0 saturated carbocycles. The number of carbonyl (C=O) groups is 1. The third-order valence-corrected chi connectivity index (χ3v) is 5.29. The first-order valence-electron chi connectivity index (χ1n) is 9.39. The van der Waals surface area contributed by atoms with Gasteiger partial charge in [0.1, 0.15) is 0 Å². The Bertz CT molecular complexity index is 811. The van der Waals surface area contributed by atoms with E-state index in [1.807, 2.05) is 24.3 Å². The molecule has 0 N–H and O–H groups in total. The molecular weight excluding hydrogens is 304 g/mol. The molecule has 0 bridgehead atoms. The Hall–Kier alpha value is -2.15. The number of hydrogen-bond donors (Lipinski definition) is 0. The number of rotatable bonds is 6. The predicted molar refractivity (Wildman–Crippen MR) is 106 cm³/mol. The number of hydrogen-bond acceptors (Lipinski definition) is 1. The van der Waals surface area contributed by atoms with Gasteiger partial charge < -0.3 is 0 Å². The van der Waals surface area contributed by atoms with Crippen LogP contribution in [0.5, 0.6) is 0 Å². The predicted octanol–water partition coefficient (Wildman–Crippen LogP) is 6.44. The van der Waals surface area contributed by atoms with Crippen molar-refractivity contribution in [2.75, 3.05) is 0 Å². The zero-order chi connectivity index (χ0) is 18.0. The maximum absolute atomic E-state index is 12.9. The van der Waals surface area contributed by atoms with Crippen molar-refractivity contribution in [3.63, 3.8) is 0 Å². The summed E-state index contributed by atoms with van der Waals surface area (Å²) in [6, 6.07) is 14.2. The maximum Gasteiger partial charge on any atom is 0.194 e. The van der Waals surface area contributed by atoms with E-state index in [1.54, 1.807) is 0 Å². The molecule has 1 aliphatic carbocycles. The third-order valence-electron chi connectivity index (χ3n) is 5.29. The van der Waals surface area contributed by atoms with Gasteiger partial charge in [0.25, 0.3) is 0 Å². The van der Waals surface area contributed by atoms with Gasteiger partial charge in [-0.25, -0.2) is 0 Å². The van der Waals surface area contributed by atoms with Crippen LogP contribution in [0.3, 0.4) is 0 Å². The highest BCUT2D eigenvalue weighted by molar-refractivity contribution is 6.18. The molecule has 0 atom stereocenters. The fraction of sp³-hybridized carbons (Fsp3) is 0.375. The lowest BCUT2D eigenvalue weighted by Gasteiger charge is -2.26. The molecule has 0 heterocycles. The average Bonchev–Trinajstić information content (AvgIpc) is 2.59. The second kappa shape index (κ2) is 7.00. The molecular formula is C24H28O. The van der Waals surface area contributed by atoms with E-state index in [0.717, 1.165) is 34.2 Å². The Labute approximate surface area is 151 Å². The van der Waals surface area contributed by atoms with Crippen LogP contribution in [-0.4, -0.2) is 5.78 Å². The number of ketones is 1. The van der Waals surface area contributed by atoms with Gasteiger partial charge in [0.05, 0.1) is 0 Å². The van der Waals surface area contributed by atoms with Crippen LogP contribution in [0, 0.1) is 5.41 Å². The second-order valence-electron chi connectivity index (χ2n) is 8.03. The lowest BCUT2D eigenvalue weighted by molar-refractivity contribution is 0.103. The summed E-state index contributed by atoms with van der Waals surface area (Å²) in [5.41, 5.74) is 6.00. The molecule has 25 heavy (non-hydrogen) atoms. The quantitative estimate of drug-likeness (QED) is 0.475. The zero-order valence-corrected chi connectivity index (χ0v) is 15.7. The van der Waals surface area contributed by atoms with Crippen LogP contribution in [0.25, 0.3) is 5.57 Å². The molecule has 0 amide bonds. The van der Waals surface area contributed by atoms with Crippen LogP contribution in [0.15, 0.2) is 49.0 Å². The van der Waals surface area contributed by atoms with Gasteiger partial charge in [0, 0.05) is 11.1 Å². The summed E-state index contributed by atoms with van der Waals surface area (Å²) in [5, 5.41) is 0. The fourth-order valence-corrected chi connectivity index (χ4v) is 3.88. The van der Waals surface area contributed by atoms with Gasteiger partial charge in [-0.05, 0) is 46.6 Å². The molecule has 2 aromatic carbocycles. The van der Waals surface area contributed by atoms with Gasteiger partial charge in [-0.2, -0.15) is 0 Å². The van der Waals surface area contributed by atoms with Gasteiger partial charge >= 0.3 is 0 Å². The van der Waals surface area contributed by atoms with Crippen molar-refractivity contribution in [1.29, 1.82) is 0 Å². The first-order chi connectivity index (χ1) is 11.9. The first kappa shape index (κ1) is 17.7. The van der Waals surface area contributed by atoms with E-state index in [4.69, 9.17) is 0 Å². The number of carbonyl (C=O) groups excluding carboxylic acids is 1. The van der Waals surface area contributed by atoms with Crippen molar-refractivity contribution in [3.8, 4) is 0 Å². The van der Waals surface area contributed by atoms with Crippen LogP contribution in [-0.2, 0) is 6.42 Å². The minimum absolute atomic E-state index is 0.128. The third kappa shape index (κ3) is 3.61. The standard InChI is InChI=1S/C24H28O/c1-5-6-9-14-24(3,4)16-18-12-13-20-17(2)19-10-7-8-11-21(19)23(25)22(20)15-18/h7-8,10-13,15H,2,5-6,9,14,16H2,1,3-4H3. The largest absolute Gasteiger partial charge is 0.289 e. The Morgan fingerprint density at radius 1 is 0.920 bits per heavy atom. The highest BCUT2D eigenvalue weighted by Gasteiger charge is 2.26. The summed E-state index contributed by atoms with van der Waals surface area (Å²) < 4.78 is 0. The molecule has 0 aromatic heterocycles. The molecule has 0 spiro atoms. The van der Waals surface area contributed by atoms with Gasteiger partial charge in [-0.3, -0.25) is 4.79 Å². The lowest BCUT2D eigenvalue weighted by Crippen LogP contribution is -2.17. The van der Waals surface area contributed by atoms with E-state index in [0.29, 0.717) is 0 Å². The van der Waals surface area contributed by atoms with Gasteiger partial charge in [-0.1, -0.05) is 83.0 Å². The maximum atomic E-state index is 12.9. The summed E-state index contributed by atoms with van der Waals surface area (Å²) in [7, 11) is 0. The Morgan fingerprint density at radius 2 is 1.60 bits per heavy atom. The van der Waals surface area contributed by atoms with Crippen LogP contribution >= 0.6 is 0 Å². The minimum atomic E-state index is 0.128. The molecule has 0 aliphatic heterocycles. The zero-order valence-electron chi connectivity index (χ0n) is 15.7. The molecule has 0 saturated heterocycles. The first-order valence-corrected chi connectivity index (χ1v) is 9.39. The minimum Gasteiger partial charge on any atom is -0.289 e. The van der Waals surface area contributed by atoms with E-state index in [1.165, 1.54) is 31.2 Å². The van der Waals surface area contributed by atoms with Crippen LogP contribution in [0.4, 0.5) is 0 Å². The van der Waals surface area contributed by atoms with Gasteiger partial charge in [0.2, 0.25) is 0 Å². The van der Waals surface area contributed by atoms with E-state index >= 15 is 0 Å². The summed E-state index contributed by atoms with van der Waals surface area (Å²) in [6.45, 7) is 11.1. The number of benzene rings is 2. The number of unbranched alkanes of at least 4 members (excludes halogenated alkanes) is 2. The Balaban J connectivity index is 1.87. The summed E-state index contributed by atoms with van der Waals surface area (Å²) in [6.07, 6.45) is 6.05. The van der Waals surface area contributed by atoms with Crippen molar-refractivity contribution in [2.45, 2.75) is 52.9 Å². The topological polar surface area (TPSA) is 17.1 Å². The lowest BCUT2D eigenvalue weighted by atomic mass is 9.78. The SMILES string of the molecule is C=C1c2ccccc2C(=O)c2cc(CC(C)(C)CCCCC)ccc21. The van der Waals surface area contributed by atoms with Crippen molar-refractivity contribution in [3.05, 3.63) is 76.9 Å². The monoisotopic (exact) mass is 332 g/mol. The normalized spacial score (nSPS) is 13.6. The highest BCUT2D eigenvalue weighted by atomic mass is 16.1. The Morgan fingerprint density at radius 3 is 2.32 bits per heavy atom. The molecule has 0 fully saturated rings. The van der Waals surface area contributed by atoms with Crippen LogP contribution in [0.1, 0.15) is 79.1 Å². The summed E-state index contributed by atoms with van der Waals surface area (Å²) in [4.78, 5) is 12.9. The smallest absolute Gasteiger partial charge is 0.194 e. The molecule has 2 aromatic rings. The molecule has 130 valence electrons.